The Kier molecular flexibility index (Phi) is 6.46. The van der Waals surface area contributed by atoms with Gasteiger partial charge in [-0.15, -0.1) is 0 Å². The van der Waals surface area contributed by atoms with Gasteiger partial charge in [-0.1, -0.05) is 89.1 Å². The Morgan fingerprint density at radius 1 is 0.667 bits per heavy atom. The molecule has 2 aromatic rings. The maximum Gasteiger partial charge on any atom is 2.00 e. The summed E-state index contributed by atoms with van der Waals surface area (Å²) in [5, 5.41) is 24.3. The van der Waals surface area contributed by atoms with Crippen LogP contribution in [0, 0.1) is 0 Å². The zero-order valence-electron chi connectivity index (χ0n) is 15.0. The molecule has 0 radical (unpaired) electrons. The molecule has 0 aromatic heterocycles. The van der Waals surface area contributed by atoms with Gasteiger partial charge in [-0.2, -0.15) is 0 Å². The minimum Gasteiger partial charge on any atom is -0.872 e. The summed E-state index contributed by atoms with van der Waals surface area (Å²) in [6.45, 7) is 12.7. The molecule has 0 unspecified atom stereocenters. The number of benzene rings is 2. The van der Waals surface area contributed by atoms with Gasteiger partial charge in [-0.05, 0) is 34.1 Å². The Hall–Kier alpha value is -1.12. The maximum atomic E-state index is 12.2. The smallest absolute Gasteiger partial charge is 0.872 e. The average molecular weight is 387 g/mol. The first-order chi connectivity index (χ1) is 10.5. The van der Waals surface area contributed by atoms with Gasteiger partial charge in [0.05, 0.1) is 0 Å². The Labute approximate surface area is 159 Å². The van der Waals surface area contributed by atoms with Gasteiger partial charge >= 0.3 is 16.5 Å². The van der Waals surface area contributed by atoms with Crippen LogP contribution in [0.2, 0.25) is 0 Å². The molecule has 0 fully saturated rings. The molecule has 2 nitrogen and oxygen atoms in total. The van der Waals surface area contributed by atoms with Gasteiger partial charge in [0.25, 0.3) is 0 Å². The van der Waals surface area contributed by atoms with Gasteiger partial charge < -0.3 is 10.2 Å². The summed E-state index contributed by atoms with van der Waals surface area (Å²) in [6, 6.07) is 10.8. The van der Waals surface area contributed by atoms with Crippen LogP contribution in [0.3, 0.4) is 0 Å². The second-order valence-corrected chi connectivity index (χ2v) is 9.01. The molecule has 0 aliphatic heterocycles. The summed E-state index contributed by atoms with van der Waals surface area (Å²) < 4.78 is 0. The first-order valence-electron chi connectivity index (χ1n) is 7.79. The molecule has 0 saturated heterocycles. The van der Waals surface area contributed by atoms with E-state index < -0.39 is 0 Å². The molecule has 0 heterocycles. The van der Waals surface area contributed by atoms with E-state index in [1.54, 1.807) is 12.1 Å². The van der Waals surface area contributed by atoms with Crippen LogP contribution >= 0.6 is 11.8 Å². The fraction of sp³-hybridized carbons (Fsp3) is 0.400. The molecule has 0 aliphatic rings. The van der Waals surface area contributed by atoms with Crippen LogP contribution < -0.4 is 10.2 Å². The molecule has 132 valence electrons. The molecule has 0 bridgehead atoms. The fourth-order valence-corrected chi connectivity index (χ4v) is 3.17. The van der Waals surface area contributed by atoms with Gasteiger partial charge in [0.2, 0.25) is 0 Å². The number of hydrogen-bond acceptors (Lipinski definition) is 3. The molecule has 2 rings (SSSR count). The van der Waals surface area contributed by atoms with Gasteiger partial charge in [-0.25, -0.2) is 0 Å². The molecule has 24 heavy (non-hydrogen) atoms. The summed E-state index contributed by atoms with van der Waals surface area (Å²) in [5.74, 6) is -0.0767. The molecular formula is C20H24NiO2S. The van der Waals surface area contributed by atoms with Crippen LogP contribution in [0.25, 0.3) is 0 Å². The van der Waals surface area contributed by atoms with E-state index in [2.05, 4.69) is 41.5 Å². The Bertz CT molecular complexity index is 651. The minimum atomic E-state index is -0.0384. The topological polar surface area (TPSA) is 46.1 Å². The van der Waals surface area contributed by atoms with E-state index in [1.165, 1.54) is 11.8 Å². The zero-order chi connectivity index (χ0) is 17.4. The van der Waals surface area contributed by atoms with Crippen molar-refractivity contribution in [2.24, 2.45) is 0 Å². The first kappa shape index (κ1) is 20.9. The van der Waals surface area contributed by atoms with Gasteiger partial charge in [0.15, 0.2) is 0 Å². The zero-order valence-corrected chi connectivity index (χ0v) is 16.8. The third-order valence-corrected chi connectivity index (χ3v) is 4.92. The van der Waals surface area contributed by atoms with Crippen LogP contribution in [-0.2, 0) is 27.3 Å². The van der Waals surface area contributed by atoms with Crippen LogP contribution in [0.4, 0.5) is 0 Å². The van der Waals surface area contributed by atoms with E-state index in [1.807, 2.05) is 24.3 Å². The van der Waals surface area contributed by atoms with Crippen molar-refractivity contribution in [1.29, 1.82) is 0 Å². The molecule has 0 aliphatic carbocycles. The number of hydrogen-bond donors (Lipinski definition) is 0. The second kappa shape index (κ2) is 7.41. The predicted octanol–water partition coefficient (Wildman–Crippen LogP) is 4.58. The quantitative estimate of drug-likeness (QED) is 0.709. The van der Waals surface area contributed by atoms with Crippen LogP contribution in [-0.4, -0.2) is 0 Å². The largest absolute Gasteiger partial charge is 2.00 e. The van der Waals surface area contributed by atoms with Crippen molar-refractivity contribution >= 4 is 11.8 Å². The Balaban J connectivity index is 0.00000288. The van der Waals surface area contributed by atoms with E-state index in [9.17, 15) is 10.2 Å². The molecule has 0 amide bonds. The average Bonchev–Trinajstić information content (AvgIpc) is 2.41. The summed E-state index contributed by atoms with van der Waals surface area (Å²) in [4.78, 5) is 1.22. The minimum absolute atomic E-state index is 0. The normalized spacial score (nSPS) is 11.9. The molecular weight excluding hydrogens is 363 g/mol. The molecule has 0 spiro atoms. The van der Waals surface area contributed by atoms with Crippen LogP contribution in [0.15, 0.2) is 46.2 Å². The third-order valence-electron chi connectivity index (χ3n) is 3.84. The summed E-state index contributed by atoms with van der Waals surface area (Å²) in [7, 11) is 0. The van der Waals surface area contributed by atoms with Crippen LogP contribution in [0.1, 0.15) is 52.7 Å². The monoisotopic (exact) mass is 386 g/mol. The SMILES string of the molecule is CC(C)(C)c1ccc([O-])c(Sc2cc(C(C)(C)C)ccc2[O-])c1.[Ni+2]. The van der Waals surface area contributed by atoms with Crippen molar-refractivity contribution in [2.45, 2.75) is 62.2 Å². The molecule has 4 heteroatoms. The van der Waals surface area contributed by atoms with Crippen molar-refractivity contribution in [2.75, 3.05) is 0 Å². The van der Waals surface area contributed by atoms with E-state index >= 15 is 0 Å². The second-order valence-electron chi connectivity index (χ2n) is 7.93. The Morgan fingerprint density at radius 3 is 1.29 bits per heavy atom. The predicted molar refractivity (Wildman–Crippen MR) is 93.3 cm³/mol. The number of rotatable bonds is 2. The van der Waals surface area contributed by atoms with Gasteiger partial charge in [0.1, 0.15) is 0 Å². The molecule has 0 atom stereocenters. The summed E-state index contributed by atoms with van der Waals surface area (Å²) >= 11 is 1.28. The fourth-order valence-electron chi connectivity index (χ4n) is 2.23. The van der Waals surface area contributed by atoms with E-state index in [0.29, 0.717) is 9.79 Å². The van der Waals surface area contributed by atoms with Crippen molar-refractivity contribution in [3.05, 3.63) is 47.5 Å². The van der Waals surface area contributed by atoms with Crippen molar-refractivity contribution in [3.63, 3.8) is 0 Å². The van der Waals surface area contributed by atoms with Crippen molar-refractivity contribution in [1.82, 2.24) is 0 Å². The van der Waals surface area contributed by atoms with Gasteiger partial charge in [-0.3, -0.25) is 0 Å². The molecule has 0 N–H and O–H groups in total. The van der Waals surface area contributed by atoms with Crippen LogP contribution in [0.5, 0.6) is 11.5 Å². The molecule has 0 saturated carbocycles. The van der Waals surface area contributed by atoms with Crippen molar-refractivity contribution in [3.8, 4) is 11.5 Å². The summed E-state index contributed by atoms with van der Waals surface area (Å²) in [5.41, 5.74) is 2.13. The maximum absolute atomic E-state index is 12.2. The van der Waals surface area contributed by atoms with E-state index in [4.69, 9.17) is 0 Å². The third kappa shape index (κ3) is 4.94. The summed E-state index contributed by atoms with van der Waals surface area (Å²) in [6.07, 6.45) is 0. The van der Waals surface area contributed by atoms with Crippen molar-refractivity contribution < 1.29 is 26.7 Å². The van der Waals surface area contributed by atoms with E-state index in [-0.39, 0.29) is 38.8 Å². The molecule has 2 aromatic carbocycles. The van der Waals surface area contributed by atoms with E-state index in [0.717, 1.165) is 11.1 Å². The first-order valence-corrected chi connectivity index (χ1v) is 8.61. The van der Waals surface area contributed by atoms with Gasteiger partial charge in [0, 0.05) is 9.79 Å². The standard InChI is InChI=1S/C20H26O2S.Ni/c1-19(2,3)13-7-9-15(21)17(11-13)23-18-12-14(20(4,5)6)8-10-16(18)22;/h7-12,21-22H,1-6H3;/q;+2/p-2. The Morgan fingerprint density at radius 2 is 1.00 bits per heavy atom.